The Morgan fingerprint density at radius 1 is 0.677 bits per heavy atom. The van der Waals surface area contributed by atoms with Crippen LogP contribution < -0.4 is 47.6 Å². The van der Waals surface area contributed by atoms with E-state index in [2.05, 4.69) is 112 Å². The van der Waals surface area contributed by atoms with Crippen LogP contribution in [0.25, 0.3) is 0 Å². The van der Waals surface area contributed by atoms with Gasteiger partial charge in [0.15, 0.2) is 0 Å². The molecule has 0 atom stereocenters. The average molecular weight is 528 g/mol. The Morgan fingerprint density at radius 2 is 1.03 bits per heavy atom. The zero-order valence-electron chi connectivity index (χ0n) is 19.9. The summed E-state index contributed by atoms with van der Waals surface area (Å²) in [5.74, 6) is 0. The summed E-state index contributed by atoms with van der Waals surface area (Å²) >= 11 is 2.34. The van der Waals surface area contributed by atoms with Gasteiger partial charge in [-0.1, -0.05) is 0 Å². The van der Waals surface area contributed by atoms with Gasteiger partial charge in [0.2, 0.25) is 0 Å². The van der Waals surface area contributed by atoms with E-state index in [0.717, 1.165) is 6.42 Å². The minimum Gasteiger partial charge on any atom is -1.00 e. The van der Waals surface area contributed by atoms with E-state index in [1.54, 1.807) is 26.7 Å². The Balaban J connectivity index is 0.00000300. The number of hydrogen-bond donors (Lipinski definition) is 0. The van der Waals surface area contributed by atoms with Crippen LogP contribution in [0.1, 0.15) is 56.4 Å². The average Bonchev–Trinajstić information content (AvgIpc) is 2.80. The number of aryl methyl sites for hydroxylation is 4. The van der Waals surface area contributed by atoms with Crippen molar-refractivity contribution in [1.82, 2.24) is 0 Å². The number of allylic oxidation sites excluding steroid dienone is 4. The van der Waals surface area contributed by atoms with Crippen molar-refractivity contribution in [3.63, 3.8) is 0 Å². The largest absolute Gasteiger partial charge is 1.00 e. The molecule has 0 aliphatic heterocycles. The first-order valence-electron chi connectivity index (χ1n) is 10.3. The summed E-state index contributed by atoms with van der Waals surface area (Å²) in [6.07, 6.45) is 1.15. The molecular weight excluding hydrogens is 495 g/mol. The number of hydrogen-bond acceptors (Lipinski definition) is 0. The maximum atomic E-state index is 2.46. The standard InChI is InChI=1S/C26H33Si.3ClH.Ti/c1-17-9-18(2)12-22(11-17)27(23-13-19(3)10-20(4)14-23)25-16-21(5)15-24(25)26(6,7)8;;;;/h9-14,27H,16H2,1-8H3;3*1H;/q;;;;+3/p-3. The molecule has 1 aliphatic carbocycles. The molecule has 0 amide bonds. The van der Waals surface area contributed by atoms with Crippen molar-refractivity contribution in [2.75, 3.05) is 0 Å². The number of rotatable bonds is 3. The predicted octanol–water partition coefficient (Wildman–Crippen LogP) is -3.62. The summed E-state index contributed by atoms with van der Waals surface area (Å²) < 4.78 is 1.54. The summed E-state index contributed by atoms with van der Waals surface area (Å²) in [5.41, 5.74) is 8.90. The van der Waals surface area contributed by atoms with Gasteiger partial charge < -0.3 is 37.2 Å². The maximum Gasteiger partial charge on any atom is -1.00 e. The zero-order valence-corrected chi connectivity index (χ0v) is 24.9. The third kappa shape index (κ3) is 6.86. The minimum atomic E-state index is -1.51. The number of halogens is 3. The molecule has 0 fully saturated rings. The van der Waals surface area contributed by atoms with Crippen molar-refractivity contribution in [2.45, 2.75) is 61.8 Å². The Kier molecular flexibility index (Phi) is 11.6. The molecule has 5 heteroatoms. The number of benzene rings is 2. The Morgan fingerprint density at radius 3 is 1.35 bits per heavy atom. The molecule has 0 saturated carbocycles. The zero-order chi connectivity index (χ0) is 20.8. The van der Waals surface area contributed by atoms with Crippen LogP contribution in [-0.2, 0) is 20.4 Å². The normalized spacial score (nSPS) is 13.8. The Hall–Kier alpha value is -0.279. The van der Waals surface area contributed by atoms with Gasteiger partial charge in [0, 0.05) is 0 Å². The van der Waals surface area contributed by atoms with Gasteiger partial charge in [0.05, 0.1) is 0 Å². The van der Waals surface area contributed by atoms with Crippen LogP contribution in [0.5, 0.6) is 0 Å². The molecule has 0 N–H and O–H groups in total. The summed E-state index contributed by atoms with van der Waals surface area (Å²) in [7, 11) is -1.51. The smallest absolute Gasteiger partial charge is 1.00 e. The van der Waals surface area contributed by atoms with Crippen LogP contribution in [0.4, 0.5) is 0 Å². The van der Waals surface area contributed by atoms with Gasteiger partial charge in [-0.3, -0.25) is 0 Å². The van der Waals surface area contributed by atoms with Crippen LogP contribution >= 0.6 is 0 Å². The van der Waals surface area contributed by atoms with Crippen molar-refractivity contribution in [3.8, 4) is 0 Å². The topological polar surface area (TPSA) is 0 Å². The molecule has 0 saturated heterocycles. The van der Waals surface area contributed by atoms with Crippen molar-refractivity contribution >= 4 is 19.2 Å². The molecule has 1 aliphatic rings. The van der Waals surface area contributed by atoms with Crippen molar-refractivity contribution < 1.29 is 57.7 Å². The second kappa shape index (κ2) is 11.7. The monoisotopic (exact) mass is 526 g/mol. The predicted molar refractivity (Wildman–Crippen MR) is 122 cm³/mol. The molecule has 0 spiro atoms. The van der Waals surface area contributed by atoms with Crippen LogP contribution in [0, 0.1) is 33.1 Å². The Labute approximate surface area is 221 Å². The third-order valence-corrected chi connectivity index (χ3v) is 9.95. The molecular formula is C26H33Cl3SiTi. The van der Waals surface area contributed by atoms with Crippen molar-refractivity contribution in [1.29, 1.82) is 0 Å². The molecule has 0 heterocycles. The van der Waals surface area contributed by atoms with E-state index in [4.69, 9.17) is 0 Å². The van der Waals surface area contributed by atoms with Crippen LogP contribution in [0.2, 0.25) is 0 Å². The second-order valence-electron chi connectivity index (χ2n) is 9.76. The SMILES string of the molecule is CC1=[C]([Ti+3])C(C(C)(C)C)=C([SiH](c2cc(C)cc(C)c2)c2cc(C)cc(C)c2)C1.[Cl-].[Cl-].[Cl-]. The van der Waals surface area contributed by atoms with E-state index in [1.807, 2.05) is 0 Å². The summed E-state index contributed by atoms with van der Waals surface area (Å²) in [6, 6.07) is 14.4. The Bertz CT molecular complexity index is 908. The molecule has 2 aromatic rings. The van der Waals surface area contributed by atoms with Crippen molar-refractivity contribution in [2.24, 2.45) is 5.41 Å². The minimum absolute atomic E-state index is 0. The quantitative estimate of drug-likeness (QED) is 0.362. The van der Waals surface area contributed by atoms with Gasteiger partial charge in [0.25, 0.3) is 0 Å². The summed E-state index contributed by atoms with van der Waals surface area (Å²) in [4.78, 5) is 0. The van der Waals surface area contributed by atoms with E-state index in [1.165, 1.54) is 26.1 Å². The molecule has 0 nitrogen and oxygen atoms in total. The molecule has 166 valence electrons. The first kappa shape index (κ1) is 30.7. The molecule has 0 radical (unpaired) electrons. The van der Waals surface area contributed by atoms with Gasteiger partial charge in [0.1, 0.15) is 0 Å². The fourth-order valence-electron chi connectivity index (χ4n) is 4.89. The molecule has 0 aromatic heterocycles. The second-order valence-corrected chi connectivity index (χ2v) is 13.4. The first-order chi connectivity index (χ1) is 13.0. The van der Waals surface area contributed by atoms with Crippen LogP contribution in [0.15, 0.2) is 56.6 Å². The fraction of sp³-hybridized carbons (Fsp3) is 0.385. The molecule has 31 heavy (non-hydrogen) atoms. The van der Waals surface area contributed by atoms with Gasteiger partial charge in [-0.25, -0.2) is 0 Å². The van der Waals surface area contributed by atoms with E-state index in [-0.39, 0.29) is 42.6 Å². The summed E-state index contributed by atoms with van der Waals surface area (Å²) in [5, 5.41) is 4.88. The van der Waals surface area contributed by atoms with Crippen LogP contribution in [-0.4, -0.2) is 8.80 Å². The van der Waals surface area contributed by atoms with Crippen LogP contribution in [0.3, 0.4) is 0 Å². The van der Waals surface area contributed by atoms with E-state index < -0.39 is 8.80 Å². The van der Waals surface area contributed by atoms with E-state index in [0.29, 0.717) is 0 Å². The fourth-order valence-corrected chi connectivity index (χ4v) is 10.4. The van der Waals surface area contributed by atoms with Crippen molar-refractivity contribution in [3.05, 3.63) is 78.9 Å². The maximum absolute atomic E-state index is 2.46. The van der Waals surface area contributed by atoms with Gasteiger partial charge in [-0.05, 0) is 0 Å². The van der Waals surface area contributed by atoms with E-state index in [9.17, 15) is 0 Å². The van der Waals surface area contributed by atoms with Gasteiger partial charge in [-0.15, -0.1) is 0 Å². The molecule has 0 unspecified atom stereocenters. The molecule has 0 bridgehead atoms. The molecule has 2 aromatic carbocycles. The van der Waals surface area contributed by atoms with Gasteiger partial charge in [-0.2, -0.15) is 0 Å². The van der Waals surface area contributed by atoms with Gasteiger partial charge >= 0.3 is 186 Å². The summed E-state index contributed by atoms with van der Waals surface area (Å²) in [6.45, 7) is 18.5. The first-order valence-corrected chi connectivity index (χ1v) is 12.8. The molecule has 3 rings (SSSR count). The van der Waals surface area contributed by atoms with E-state index >= 15 is 0 Å². The third-order valence-electron chi connectivity index (χ3n) is 5.71.